The summed E-state index contributed by atoms with van der Waals surface area (Å²) in [5, 5.41) is 5.84. The molecule has 0 aliphatic carbocycles. The molecule has 0 spiro atoms. The van der Waals surface area contributed by atoms with Crippen LogP contribution in [0.4, 0.5) is 42.5 Å². The molecule has 2 rings (SSSR count). The first-order chi connectivity index (χ1) is 15.1. The predicted molar refractivity (Wildman–Crippen MR) is 102 cm³/mol. The van der Waals surface area contributed by atoms with Crippen molar-refractivity contribution in [1.82, 2.24) is 15.5 Å². The Kier molecular flexibility index (Phi) is 7.46. The quantitative estimate of drug-likeness (QED) is 0.451. The minimum absolute atomic E-state index is 0.151. The van der Waals surface area contributed by atoms with E-state index in [1.807, 2.05) is 0 Å². The van der Waals surface area contributed by atoms with Gasteiger partial charge in [-0.25, -0.2) is 9.64 Å². The summed E-state index contributed by atoms with van der Waals surface area (Å²) in [6, 6.07) is 2.23. The molecule has 180 valence electrons. The smallest absolute Gasteiger partial charge is 0.408 e. The van der Waals surface area contributed by atoms with Gasteiger partial charge in [0.25, 0.3) is 0 Å². The Morgan fingerprint density at radius 1 is 1.21 bits per heavy atom. The van der Waals surface area contributed by atoms with E-state index in [0.29, 0.717) is 11.0 Å². The number of halogens is 6. The van der Waals surface area contributed by atoms with Gasteiger partial charge in [0.1, 0.15) is 18.7 Å². The largest absolute Gasteiger partial charge is 0.444 e. The number of aromatic nitrogens is 2. The maximum Gasteiger partial charge on any atom is 0.408 e. The van der Waals surface area contributed by atoms with Crippen LogP contribution in [0.25, 0.3) is 4.85 Å². The fourth-order valence-electron chi connectivity index (χ4n) is 2.56. The second kappa shape index (κ2) is 9.55. The summed E-state index contributed by atoms with van der Waals surface area (Å²) < 4.78 is 88.8. The van der Waals surface area contributed by atoms with Gasteiger partial charge in [0.15, 0.2) is 11.5 Å². The number of hydrogen-bond acceptors (Lipinski definition) is 6. The minimum atomic E-state index is -4.94. The fourth-order valence-corrected chi connectivity index (χ4v) is 2.56. The van der Waals surface area contributed by atoms with E-state index in [-0.39, 0.29) is 18.3 Å². The van der Waals surface area contributed by atoms with Crippen LogP contribution in [0.1, 0.15) is 38.0 Å². The predicted octanol–water partition coefficient (Wildman–Crippen LogP) is 5.23. The topological polar surface area (TPSA) is 84.9 Å². The summed E-state index contributed by atoms with van der Waals surface area (Å²) >= 11 is 0. The zero-order valence-electron chi connectivity index (χ0n) is 17.6. The number of alkyl halides is 6. The maximum absolute atomic E-state index is 13.2. The first-order valence-electron chi connectivity index (χ1n) is 9.26. The molecule has 0 saturated carbocycles. The Hall–Kier alpha value is -3.50. The van der Waals surface area contributed by atoms with Gasteiger partial charge < -0.3 is 19.5 Å². The Balaban J connectivity index is 2.23. The molecular weight excluding hydrogens is 460 g/mol. The van der Waals surface area contributed by atoms with Crippen LogP contribution in [-0.4, -0.2) is 34.6 Å². The second-order valence-corrected chi connectivity index (χ2v) is 7.74. The zero-order valence-corrected chi connectivity index (χ0v) is 17.6. The molecule has 0 fully saturated rings. The SMILES string of the molecule is [C-]#[N+]c1ccc(N(Cc2noc(CNC(=O)OC(C)(C)C)n2)CC(F)(F)F)cc1C(F)(F)F. The highest BCUT2D eigenvalue weighted by Gasteiger charge is 2.36. The number of rotatable bonds is 6. The number of carbonyl (C=O) groups excluding carboxylic acids is 1. The Labute approximate surface area is 184 Å². The fraction of sp³-hybridized carbons (Fsp3) is 0.474. The van der Waals surface area contributed by atoms with Crippen molar-refractivity contribution in [2.45, 2.75) is 51.8 Å². The molecule has 1 amide bonds. The Morgan fingerprint density at radius 2 is 1.88 bits per heavy atom. The van der Waals surface area contributed by atoms with Gasteiger partial charge in [0, 0.05) is 5.69 Å². The number of carbonyl (C=O) groups is 1. The van der Waals surface area contributed by atoms with E-state index in [4.69, 9.17) is 15.8 Å². The molecule has 0 aliphatic heterocycles. The first kappa shape index (κ1) is 25.8. The number of nitrogens with zero attached hydrogens (tertiary/aromatic N) is 4. The lowest BCUT2D eigenvalue weighted by atomic mass is 10.1. The van der Waals surface area contributed by atoms with Crippen LogP contribution in [0, 0.1) is 6.57 Å². The number of benzene rings is 1. The summed E-state index contributed by atoms with van der Waals surface area (Å²) in [6.45, 7) is 9.23. The van der Waals surface area contributed by atoms with Crippen molar-refractivity contribution in [3.05, 3.63) is 46.9 Å². The molecule has 0 unspecified atom stereocenters. The number of hydrogen-bond donors (Lipinski definition) is 1. The molecule has 1 aromatic heterocycles. The number of nitrogens with one attached hydrogen (secondary N) is 1. The van der Waals surface area contributed by atoms with Crippen LogP contribution in [0.2, 0.25) is 0 Å². The van der Waals surface area contributed by atoms with E-state index >= 15 is 0 Å². The molecular formula is C19H19F6N5O3. The molecule has 0 saturated heterocycles. The van der Waals surface area contributed by atoms with Crippen molar-refractivity contribution >= 4 is 17.5 Å². The van der Waals surface area contributed by atoms with E-state index in [0.717, 1.165) is 12.1 Å². The van der Waals surface area contributed by atoms with Crippen LogP contribution in [0.15, 0.2) is 22.7 Å². The van der Waals surface area contributed by atoms with Crippen molar-refractivity contribution in [2.75, 3.05) is 11.4 Å². The molecule has 1 N–H and O–H groups in total. The number of ether oxygens (including phenoxy) is 1. The van der Waals surface area contributed by atoms with Crippen molar-refractivity contribution in [3.8, 4) is 0 Å². The van der Waals surface area contributed by atoms with Gasteiger partial charge in [-0.3, -0.25) is 0 Å². The van der Waals surface area contributed by atoms with Gasteiger partial charge in [0.2, 0.25) is 5.89 Å². The van der Waals surface area contributed by atoms with E-state index in [1.165, 1.54) is 0 Å². The van der Waals surface area contributed by atoms with E-state index in [2.05, 4.69) is 20.3 Å². The lowest BCUT2D eigenvalue weighted by Crippen LogP contribution is -2.34. The van der Waals surface area contributed by atoms with E-state index in [9.17, 15) is 31.1 Å². The molecule has 0 aliphatic rings. The normalized spacial score (nSPS) is 12.2. The van der Waals surface area contributed by atoms with Crippen molar-refractivity contribution < 1.29 is 40.4 Å². The monoisotopic (exact) mass is 479 g/mol. The molecule has 14 heteroatoms. The standard InChI is InChI=1S/C19H19F6N5O3/c1-17(2,3)32-16(31)27-8-15-28-14(29-33-15)9-30(10-18(20,21)22)11-5-6-13(26-4)12(7-11)19(23,24)25/h5-7H,8-10H2,1-3H3,(H,27,31). The first-order valence-corrected chi connectivity index (χ1v) is 9.26. The van der Waals surface area contributed by atoms with Gasteiger partial charge in [-0.15, -0.1) is 0 Å². The summed E-state index contributed by atoms with van der Waals surface area (Å²) in [7, 11) is 0. The van der Waals surface area contributed by atoms with Gasteiger partial charge in [-0.05, 0) is 32.9 Å². The average molecular weight is 479 g/mol. The van der Waals surface area contributed by atoms with Gasteiger partial charge >= 0.3 is 18.4 Å². The highest BCUT2D eigenvalue weighted by Crippen LogP contribution is 2.39. The number of amides is 1. The molecule has 0 radical (unpaired) electrons. The van der Waals surface area contributed by atoms with Crippen LogP contribution in [0.3, 0.4) is 0 Å². The highest BCUT2D eigenvalue weighted by molar-refractivity contribution is 5.67. The van der Waals surface area contributed by atoms with E-state index in [1.54, 1.807) is 20.8 Å². The number of anilines is 1. The van der Waals surface area contributed by atoms with Crippen LogP contribution >= 0.6 is 0 Å². The minimum Gasteiger partial charge on any atom is -0.444 e. The van der Waals surface area contributed by atoms with Crippen molar-refractivity contribution in [1.29, 1.82) is 0 Å². The third-order valence-corrected chi connectivity index (χ3v) is 3.77. The van der Waals surface area contributed by atoms with Crippen molar-refractivity contribution in [2.24, 2.45) is 0 Å². The lowest BCUT2D eigenvalue weighted by molar-refractivity contribution is -0.136. The second-order valence-electron chi connectivity index (χ2n) is 7.74. The maximum atomic E-state index is 13.2. The van der Waals surface area contributed by atoms with Crippen LogP contribution in [0.5, 0.6) is 0 Å². The number of alkyl carbamates (subject to hydrolysis) is 1. The average Bonchev–Trinajstić information content (AvgIpc) is 3.09. The Bertz CT molecular complexity index is 1020. The molecule has 1 heterocycles. The Morgan fingerprint density at radius 3 is 2.42 bits per heavy atom. The van der Waals surface area contributed by atoms with Gasteiger partial charge in [-0.1, -0.05) is 11.2 Å². The lowest BCUT2D eigenvalue weighted by Gasteiger charge is -2.25. The van der Waals surface area contributed by atoms with E-state index < -0.39 is 54.1 Å². The third-order valence-electron chi connectivity index (χ3n) is 3.77. The van der Waals surface area contributed by atoms with Gasteiger partial charge in [-0.2, -0.15) is 31.3 Å². The summed E-state index contributed by atoms with van der Waals surface area (Å²) in [5.74, 6) is -0.412. The molecule has 0 bridgehead atoms. The molecule has 33 heavy (non-hydrogen) atoms. The molecule has 0 atom stereocenters. The summed E-state index contributed by atoms with van der Waals surface area (Å²) in [5.41, 5.74) is -3.31. The third kappa shape index (κ3) is 8.17. The van der Waals surface area contributed by atoms with Gasteiger partial charge in [0.05, 0.1) is 18.7 Å². The molecule has 8 nitrogen and oxygen atoms in total. The molecule has 2 aromatic rings. The zero-order chi connectivity index (χ0) is 25.0. The van der Waals surface area contributed by atoms with Crippen molar-refractivity contribution in [3.63, 3.8) is 0 Å². The highest BCUT2D eigenvalue weighted by atomic mass is 19.4. The van der Waals surface area contributed by atoms with Crippen LogP contribution in [-0.2, 0) is 24.0 Å². The summed E-state index contributed by atoms with van der Waals surface area (Å²) in [4.78, 5) is 18.8. The summed E-state index contributed by atoms with van der Waals surface area (Å²) in [6.07, 6.45) is -10.5. The van der Waals surface area contributed by atoms with Crippen LogP contribution < -0.4 is 10.2 Å². The molecule has 1 aromatic carbocycles.